The topological polar surface area (TPSA) is 94.3 Å². The Hall–Kier alpha value is -3.26. The highest BCUT2D eigenvalue weighted by molar-refractivity contribution is 5.96. The first-order valence-electron chi connectivity index (χ1n) is 10.7. The van der Waals surface area contributed by atoms with Crippen LogP contribution in [0.5, 0.6) is 17.2 Å². The molecule has 0 spiro atoms. The Bertz CT molecular complexity index is 949. The van der Waals surface area contributed by atoms with Crippen LogP contribution in [0.25, 0.3) is 0 Å². The van der Waals surface area contributed by atoms with Crippen LogP contribution in [-0.4, -0.2) is 57.7 Å². The quantitative estimate of drug-likeness (QED) is 0.609. The number of nitrogens with two attached hydrogens (primary N) is 1. The second-order valence-corrected chi connectivity index (χ2v) is 7.67. The smallest absolute Gasteiger partial charge is 0.241 e. The van der Waals surface area contributed by atoms with Gasteiger partial charge in [0.2, 0.25) is 11.8 Å². The Kier molecular flexibility index (Phi) is 7.94. The molecule has 0 aromatic heterocycles. The molecule has 3 rings (SSSR count). The minimum absolute atomic E-state index is 0.0514. The van der Waals surface area contributed by atoms with E-state index in [1.165, 1.54) is 0 Å². The second kappa shape index (κ2) is 10.9. The molecule has 2 N–H and O–H groups in total. The van der Waals surface area contributed by atoms with Crippen molar-refractivity contribution in [3.05, 3.63) is 48.0 Å². The summed E-state index contributed by atoms with van der Waals surface area (Å²) in [5.74, 6) is 1.46. The maximum atomic E-state index is 13.4. The number of benzene rings is 2. The van der Waals surface area contributed by atoms with Crippen LogP contribution >= 0.6 is 0 Å². The fraction of sp³-hybridized carbons (Fsp3) is 0.417. The van der Waals surface area contributed by atoms with Crippen LogP contribution in [0.4, 0.5) is 5.69 Å². The van der Waals surface area contributed by atoms with Gasteiger partial charge in [-0.15, -0.1) is 0 Å². The van der Waals surface area contributed by atoms with Crippen molar-refractivity contribution in [2.45, 2.75) is 25.3 Å². The van der Waals surface area contributed by atoms with E-state index in [4.69, 9.17) is 19.9 Å². The number of anilines is 1. The summed E-state index contributed by atoms with van der Waals surface area (Å²) in [6.07, 6.45) is 1.97. The molecule has 1 aliphatic heterocycles. The Morgan fingerprint density at radius 1 is 1.06 bits per heavy atom. The Labute approximate surface area is 188 Å². The van der Waals surface area contributed by atoms with Crippen molar-refractivity contribution < 1.29 is 23.8 Å². The van der Waals surface area contributed by atoms with Gasteiger partial charge >= 0.3 is 0 Å². The summed E-state index contributed by atoms with van der Waals surface area (Å²) >= 11 is 0. The molecule has 172 valence electrons. The average molecular weight is 442 g/mol. The van der Waals surface area contributed by atoms with E-state index < -0.39 is 5.91 Å². The average Bonchev–Trinajstić information content (AvgIpc) is 3.26. The molecular formula is C24H31N3O5. The zero-order valence-electron chi connectivity index (χ0n) is 18.9. The van der Waals surface area contributed by atoms with E-state index in [1.807, 2.05) is 36.4 Å². The maximum Gasteiger partial charge on any atom is 0.241 e. The summed E-state index contributed by atoms with van der Waals surface area (Å²) < 4.78 is 16.3. The van der Waals surface area contributed by atoms with Crippen LogP contribution in [0.2, 0.25) is 0 Å². The van der Waals surface area contributed by atoms with Crippen molar-refractivity contribution in [3.8, 4) is 17.2 Å². The lowest BCUT2D eigenvalue weighted by atomic mass is 10.0. The van der Waals surface area contributed by atoms with Gasteiger partial charge in [0.15, 0.2) is 0 Å². The largest absolute Gasteiger partial charge is 0.497 e. The minimum Gasteiger partial charge on any atom is -0.497 e. The van der Waals surface area contributed by atoms with Crippen molar-refractivity contribution in [1.82, 2.24) is 4.90 Å². The molecule has 0 aliphatic carbocycles. The first kappa shape index (κ1) is 23.4. The van der Waals surface area contributed by atoms with Gasteiger partial charge in [0.1, 0.15) is 17.2 Å². The molecule has 1 unspecified atom stereocenters. The van der Waals surface area contributed by atoms with E-state index in [2.05, 4.69) is 4.90 Å². The van der Waals surface area contributed by atoms with E-state index in [0.717, 1.165) is 36.4 Å². The molecular weight excluding hydrogens is 410 g/mol. The highest BCUT2D eigenvalue weighted by atomic mass is 16.5. The van der Waals surface area contributed by atoms with E-state index in [1.54, 1.807) is 32.3 Å². The van der Waals surface area contributed by atoms with Crippen LogP contribution in [0.1, 0.15) is 30.9 Å². The predicted molar refractivity (Wildman–Crippen MR) is 122 cm³/mol. The lowest BCUT2D eigenvalue weighted by Gasteiger charge is -2.30. The minimum atomic E-state index is -0.459. The van der Waals surface area contributed by atoms with Crippen LogP contribution in [0.3, 0.4) is 0 Å². The van der Waals surface area contributed by atoms with Gasteiger partial charge in [-0.3, -0.25) is 14.5 Å². The Balaban J connectivity index is 1.84. The predicted octanol–water partition coefficient (Wildman–Crippen LogP) is 2.76. The normalized spacial score (nSPS) is 15.9. The van der Waals surface area contributed by atoms with Gasteiger partial charge in [-0.05, 0) is 37.6 Å². The third-order valence-corrected chi connectivity index (χ3v) is 5.76. The SMILES string of the molecule is COc1ccc(C2CCCN2CC(=O)N(CCC(N)=O)c2ccccc2OC)c(OC)c1. The molecule has 2 aromatic carbocycles. The summed E-state index contributed by atoms with van der Waals surface area (Å²) in [5, 5.41) is 0. The summed E-state index contributed by atoms with van der Waals surface area (Å²) in [4.78, 5) is 28.6. The number of amides is 2. The zero-order chi connectivity index (χ0) is 23.1. The van der Waals surface area contributed by atoms with Crippen molar-refractivity contribution in [2.24, 2.45) is 5.73 Å². The molecule has 1 fully saturated rings. The molecule has 1 saturated heterocycles. The molecule has 1 heterocycles. The lowest BCUT2D eigenvalue weighted by molar-refractivity contribution is -0.120. The Morgan fingerprint density at radius 2 is 1.81 bits per heavy atom. The van der Waals surface area contributed by atoms with Crippen molar-refractivity contribution in [3.63, 3.8) is 0 Å². The molecule has 2 aromatic rings. The monoisotopic (exact) mass is 441 g/mol. The van der Waals surface area contributed by atoms with Crippen LogP contribution in [-0.2, 0) is 9.59 Å². The fourth-order valence-electron chi connectivity index (χ4n) is 4.17. The number of hydrogen-bond donors (Lipinski definition) is 1. The van der Waals surface area contributed by atoms with Crippen molar-refractivity contribution in [2.75, 3.05) is 45.9 Å². The van der Waals surface area contributed by atoms with Gasteiger partial charge in [0.25, 0.3) is 0 Å². The maximum absolute atomic E-state index is 13.4. The van der Waals surface area contributed by atoms with E-state index in [-0.39, 0.29) is 31.5 Å². The fourth-order valence-corrected chi connectivity index (χ4v) is 4.17. The van der Waals surface area contributed by atoms with Gasteiger partial charge in [0, 0.05) is 30.6 Å². The number of hydrogen-bond acceptors (Lipinski definition) is 6. The number of ether oxygens (including phenoxy) is 3. The Morgan fingerprint density at radius 3 is 2.50 bits per heavy atom. The van der Waals surface area contributed by atoms with Gasteiger partial charge in [-0.25, -0.2) is 0 Å². The number of carbonyl (C=O) groups excluding carboxylic acids is 2. The van der Waals surface area contributed by atoms with Crippen LogP contribution < -0.4 is 24.8 Å². The number of methoxy groups -OCH3 is 3. The molecule has 0 saturated carbocycles. The summed E-state index contributed by atoms with van der Waals surface area (Å²) in [6.45, 7) is 1.19. The molecule has 8 nitrogen and oxygen atoms in total. The summed E-state index contributed by atoms with van der Waals surface area (Å²) in [6, 6.07) is 13.1. The second-order valence-electron chi connectivity index (χ2n) is 7.67. The standard InChI is InChI=1S/C24H31N3O5/c1-30-17-10-11-18(22(15-17)32-3)19-8-6-13-26(19)16-24(29)27(14-12-23(25)28)20-7-4-5-9-21(20)31-2/h4-5,7,9-11,15,19H,6,8,12-14,16H2,1-3H3,(H2,25,28). The number of nitrogens with zero attached hydrogens (tertiary/aromatic N) is 2. The number of para-hydroxylation sites is 2. The molecule has 32 heavy (non-hydrogen) atoms. The highest BCUT2D eigenvalue weighted by Gasteiger charge is 2.32. The molecule has 1 aliphatic rings. The number of carbonyl (C=O) groups is 2. The van der Waals surface area contributed by atoms with E-state index in [0.29, 0.717) is 11.4 Å². The van der Waals surface area contributed by atoms with Crippen LogP contribution in [0.15, 0.2) is 42.5 Å². The summed E-state index contributed by atoms with van der Waals surface area (Å²) in [7, 11) is 4.81. The van der Waals surface area contributed by atoms with Gasteiger partial charge in [-0.1, -0.05) is 18.2 Å². The van der Waals surface area contributed by atoms with E-state index in [9.17, 15) is 9.59 Å². The van der Waals surface area contributed by atoms with Crippen molar-refractivity contribution in [1.29, 1.82) is 0 Å². The number of primary amides is 1. The molecule has 2 amide bonds. The van der Waals surface area contributed by atoms with Crippen LogP contribution in [0, 0.1) is 0 Å². The lowest BCUT2D eigenvalue weighted by Crippen LogP contribution is -2.42. The molecule has 0 radical (unpaired) electrons. The third-order valence-electron chi connectivity index (χ3n) is 5.76. The molecule has 8 heteroatoms. The third kappa shape index (κ3) is 5.31. The first-order chi connectivity index (χ1) is 15.5. The van der Waals surface area contributed by atoms with Gasteiger partial charge in [-0.2, -0.15) is 0 Å². The molecule has 0 bridgehead atoms. The molecule has 1 atom stereocenters. The number of likely N-dealkylation sites (tertiary alicyclic amines) is 1. The first-order valence-corrected chi connectivity index (χ1v) is 10.7. The van der Waals surface area contributed by atoms with Gasteiger partial charge < -0.3 is 24.8 Å². The summed E-state index contributed by atoms with van der Waals surface area (Å²) in [5.41, 5.74) is 7.02. The number of rotatable bonds is 10. The highest BCUT2D eigenvalue weighted by Crippen LogP contribution is 2.39. The van der Waals surface area contributed by atoms with Crippen molar-refractivity contribution >= 4 is 17.5 Å². The zero-order valence-corrected chi connectivity index (χ0v) is 18.9. The van der Waals surface area contributed by atoms with E-state index >= 15 is 0 Å². The van der Waals surface area contributed by atoms with Gasteiger partial charge in [0.05, 0.1) is 33.6 Å².